The van der Waals surface area contributed by atoms with E-state index in [0.717, 1.165) is 30.5 Å². The Morgan fingerprint density at radius 2 is 1.69 bits per heavy atom. The molecule has 1 aromatic carbocycles. The van der Waals surface area contributed by atoms with Crippen molar-refractivity contribution in [3.63, 3.8) is 0 Å². The normalized spacial score (nSPS) is 20.2. The van der Waals surface area contributed by atoms with Crippen molar-refractivity contribution >= 4 is 16.9 Å². The molecule has 2 unspecified atom stereocenters. The summed E-state index contributed by atoms with van der Waals surface area (Å²) in [5.41, 5.74) is 1.52. The van der Waals surface area contributed by atoms with Crippen molar-refractivity contribution < 1.29 is 18.3 Å². The molecule has 1 aliphatic heterocycles. The molecule has 3 heterocycles. The van der Waals surface area contributed by atoms with E-state index in [1.807, 2.05) is 6.92 Å². The van der Waals surface area contributed by atoms with Gasteiger partial charge in [-0.1, -0.05) is 26.0 Å². The molecule has 36 heavy (non-hydrogen) atoms. The minimum Gasteiger partial charge on any atom is -0.390 e. The minimum absolute atomic E-state index is 0.0205. The van der Waals surface area contributed by atoms with Gasteiger partial charge in [-0.25, -0.2) is 9.78 Å². The van der Waals surface area contributed by atoms with Crippen LogP contribution in [0.25, 0.3) is 11.0 Å². The van der Waals surface area contributed by atoms with Crippen LogP contribution in [0.4, 0.5) is 19.0 Å². The van der Waals surface area contributed by atoms with Crippen LogP contribution >= 0.6 is 0 Å². The Morgan fingerprint density at radius 3 is 2.28 bits per heavy atom. The molecule has 10 heteroatoms. The van der Waals surface area contributed by atoms with Gasteiger partial charge in [0.25, 0.3) is 0 Å². The second-order valence-corrected chi connectivity index (χ2v) is 9.37. The summed E-state index contributed by atoms with van der Waals surface area (Å²) in [6.07, 6.45) is -2.76. The largest absolute Gasteiger partial charge is 0.416 e. The number of pyridine rings is 1. The molecule has 194 valence electrons. The van der Waals surface area contributed by atoms with Gasteiger partial charge in [0.2, 0.25) is 0 Å². The molecule has 3 atom stereocenters. The fourth-order valence-corrected chi connectivity index (χ4v) is 5.10. The van der Waals surface area contributed by atoms with Gasteiger partial charge < -0.3 is 10.0 Å². The molecule has 0 radical (unpaired) electrons. The lowest BCUT2D eigenvalue weighted by molar-refractivity contribution is -0.137. The van der Waals surface area contributed by atoms with E-state index >= 15 is 0 Å². The number of benzene rings is 1. The monoisotopic (exact) mass is 503 g/mol. The van der Waals surface area contributed by atoms with E-state index in [2.05, 4.69) is 33.6 Å². The van der Waals surface area contributed by atoms with E-state index < -0.39 is 11.7 Å². The molecular formula is C26H32F3N5O2. The molecule has 0 amide bonds. The molecule has 3 aromatic rings. The van der Waals surface area contributed by atoms with Crippen LogP contribution in [-0.4, -0.2) is 49.7 Å². The van der Waals surface area contributed by atoms with Crippen LogP contribution in [0.5, 0.6) is 0 Å². The van der Waals surface area contributed by atoms with Gasteiger partial charge in [-0.15, -0.1) is 0 Å². The molecule has 4 rings (SSSR count). The second kappa shape index (κ2) is 10.2. The third kappa shape index (κ3) is 4.84. The van der Waals surface area contributed by atoms with Crippen molar-refractivity contribution in [1.82, 2.24) is 19.4 Å². The highest BCUT2D eigenvalue weighted by Gasteiger charge is 2.37. The van der Waals surface area contributed by atoms with Crippen LogP contribution in [0.3, 0.4) is 0 Å². The molecule has 2 aromatic heterocycles. The Hall–Kier alpha value is -2.98. The quantitative estimate of drug-likeness (QED) is 0.541. The Bertz CT molecular complexity index is 1280. The van der Waals surface area contributed by atoms with Gasteiger partial charge in [-0.2, -0.15) is 18.2 Å². The van der Waals surface area contributed by atoms with Crippen LogP contribution in [0.2, 0.25) is 0 Å². The van der Waals surface area contributed by atoms with E-state index in [0.29, 0.717) is 35.6 Å². The lowest BCUT2D eigenvalue weighted by atomic mass is 9.96. The number of hydrogen-bond acceptors (Lipinski definition) is 6. The Morgan fingerprint density at radius 1 is 1.03 bits per heavy atom. The summed E-state index contributed by atoms with van der Waals surface area (Å²) in [4.78, 5) is 26.2. The third-order valence-corrected chi connectivity index (χ3v) is 7.33. The summed E-state index contributed by atoms with van der Waals surface area (Å²) >= 11 is 0. The first kappa shape index (κ1) is 26.1. The van der Waals surface area contributed by atoms with Gasteiger partial charge in [0.1, 0.15) is 5.52 Å². The van der Waals surface area contributed by atoms with E-state index in [1.165, 1.54) is 4.57 Å². The zero-order valence-electron chi connectivity index (χ0n) is 21.0. The number of aryl methyl sites for hydroxylation is 1. The van der Waals surface area contributed by atoms with Crippen LogP contribution in [0.15, 0.2) is 41.2 Å². The van der Waals surface area contributed by atoms with Crippen LogP contribution in [0.1, 0.15) is 56.5 Å². The first-order valence-corrected chi connectivity index (χ1v) is 12.3. The standard InChI is InChI=1S/C26H32F3N5O2/c1-5-20-14-34(24-23-22(32(4)25(36)31-24)12-11-19(15-35)30-23)21(6-2)13-33(20)16(3)17-7-9-18(10-8-17)26(27,28)29/h7-12,16,20-21,35H,5-6,13-15H2,1-4H3/t16?,20-,21?/m1/s1. The van der Waals surface area contributed by atoms with Crippen molar-refractivity contribution in [3.8, 4) is 0 Å². The fraction of sp³-hybridized carbons (Fsp3) is 0.500. The summed E-state index contributed by atoms with van der Waals surface area (Å²) in [6.45, 7) is 7.22. The molecule has 7 nitrogen and oxygen atoms in total. The number of aromatic nitrogens is 3. The van der Waals surface area contributed by atoms with Crippen molar-refractivity contribution in [3.05, 3.63) is 63.7 Å². The zero-order chi connectivity index (χ0) is 26.2. The summed E-state index contributed by atoms with van der Waals surface area (Å²) in [5, 5.41) is 9.63. The van der Waals surface area contributed by atoms with Crippen LogP contribution in [-0.2, 0) is 19.8 Å². The van der Waals surface area contributed by atoms with Gasteiger partial charge in [0.05, 0.1) is 23.4 Å². The highest BCUT2D eigenvalue weighted by atomic mass is 19.4. The van der Waals surface area contributed by atoms with Gasteiger partial charge in [-0.05, 0) is 49.6 Å². The maximum Gasteiger partial charge on any atom is 0.416 e. The third-order valence-electron chi connectivity index (χ3n) is 7.33. The first-order valence-electron chi connectivity index (χ1n) is 12.3. The summed E-state index contributed by atoms with van der Waals surface area (Å²) in [7, 11) is 1.65. The predicted octanol–water partition coefficient (Wildman–Crippen LogP) is 4.28. The number of halogens is 3. The van der Waals surface area contributed by atoms with E-state index in [4.69, 9.17) is 0 Å². The van der Waals surface area contributed by atoms with E-state index in [1.54, 1.807) is 31.3 Å². The highest BCUT2D eigenvalue weighted by Crippen LogP contribution is 2.35. The second-order valence-electron chi connectivity index (χ2n) is 9.37. The fourth-order valence-electron chi connectivity index (χ4n) is 5.10. The van der Waals surface area contributed by atoms with Gasteiger partial charge in [0, 0.05) is 38.3 Å². The zero-order valence-corrected chi connectivity index (χ0v) is 21.0. The van der Waals surface area contributed by atoms with Crippen molar-refractivity contribution in [1.29, 1.82) is 0 Å². The number of alkyl halides is 3. The Balaban J connectivity index is 1.70. The Kier molecular flexibility index (Phi) is 7.38. The average molecular weight is 504 g/mol. The molecule has 1 aliphatic rings. The molecule has 0 saturated carbocycles. The number of hydrogen-bond donors (Lipinski definition) is 1. The van der Waals surface area contributed by atoms with E-state index in [9.17, 15) is 23.1 Å². The van der Waals surface area contributed by atoms with Crippen LogP contribution in [0, 0.1) is 0 Å². The molecule has 1 N–H and O–H groups in total. The van der Waals surface area contributed by atoms with Gasteiger partial charge in [-0.3, -0.25) is 9.47 Å². The number of nitrogens with zero attached hydrogens (tertiary/aromatic N) is 5. The van der Waals surface area contributed by atoms with Crippen molar-refractivity contribution in [2.24, 2.45) is 7.05 Å². The molecular weight excluding hydrogens is 471 g/mol. The first-order chi connectivity index (χ1) is 17.1. The summed E-state index contributed by atoms with van der Waals surface area (Å²) in [5.74, 6) is 0.510. The maximum atomic E-state index is 13.0. The number of rotatable bonds is 6. The molecule has 1 saturated heterocycles. The molecule has 0 aliphatic carbocycles. The summed E-state index contributed by atoms with van der Waals surface area (Å²) < 4.78 is 40.6. The predicted molar refractivity (Wildman–Crippen MR) is 133 cm³/mol. The number of anilines is 1. The summed E-state index contributed by atoms with van der Waals surface area (Å²) in [6, 6.07) is 8.90. The van der Waals surface area contributed by atoms with E-state index in [-0.39, 0.29) is 30.4 Å². The number of fused-ring (bicyclic) bond motifs is 1. The molecule has 0 bridgehead atoms. The van der Waals surface area contributed by atoms with Crippen LogP contribution < -0.4 is 10.6 Å². The minimum atomic E-state index is -4.36. The number of aliphatic hydroxyl groups excluding tert-OH is 1. The number of aliphatic hydroxyl groups is 1. The lowest BCUT2D eigenvalue weighted by Gasteiger charge is -2.49. The Labute approximate surface area is 208 Å². The van der Waals surface area contributed by atoms with Crippen molar-refractivity contribution in [2.45, 2.75) is 64.5 Å². The van der Waals surface area contributed by atoms with Crippen molar-refractivity contribution in [2.75, 3.05) is 18.0 Å². The smallest absolute Gasteiger partial charge is 0.390 e. The molecule has 1 fully saturated rings. The lowest BCUT2D eigenvalue weighted by Crippen LogP contribution is -2.59. The molecule has 0 spiro atoms. The topological polar surface area (TPSA) is 74.5 Å². The maximum absolute atomic E-state index is 13.0. The average Bonchev–Trinajstić information content (AvgIpc) is 2.88. The van der Waals surface area contributed by atoms with Gasteiger partial charge in [0.15, 0.2) is 5.82 Å². The SMILES string of the molecule is CCC1CN(C(C)c2ccc(C(F)(F)F)cc2)[C@H](CC)CN1c1nc(=O)n(C)c2ccc(CO)nc12. The van der Waals surface area contributed by atoms with Gasteiger partial charge >= 0.3 is 11.9 Å². The highest BCUT2D eigenvalue weighted by molar-refractivity contribution is 5.86. The number of piperazine rings is 1.